The van der Waals surface area contributed by atoms with E-state index in [9.17, 15) is 9.90 Å². The van der Waals surface area contributed by atoms with E-state index < -0.39 is 0 Å². The number of aliphatic imine (C=N–C) groups is 1. The average Bonchev–Trinajstić information content (AvgIpc) is 2.93. The second-order valence-corrected chi connectivity index (χ2v) is 6.86. The van der Waals surface area contributed by atoms with E-state index in [1.807, 2.05) is 37.3 Å². The van der Waals surface area contributed by atoms with Crippen molar-refractivity contribution in [3.05, 3.63) is 58.0 Å². The van der Waals surface area contributed by atoms with Gasteiger partial charge in [0.05, 0.1) is 22.7 Å². The Balaban J connectivity index is 1.97. The van der Waals surface area contributed by atoms with E-state index in [1.54, 1.807) is 23.1 Å². The molecule has 1 amide bonds. The summed E-state index contributed by atoms with van der Waals surface area (Å²) in [6.07, 6.45) is 1.72. The van der Waals surface area contributed by atoms with Gasteiger partial charge in [-0.1, -0.05) is 29.8 Å². The number of rotatable bonds is 4. The molecule has 3 rings (SSSR count). The number of phenolic OH excluding ortho intramolecular Hbond substituents is 1. The predicted octanol–water partition coefficient (Wildman–Crippen LogP) is 4.68. The number of ether oxygens (including phenoxy) is 1. The highest BCUT2D eigenvalue weighted by Gasteiger charge is 2.32. The molecule has 0 saturated carbocycles. The highest BCUT2D eigenvalue weighted by molar-refractivity contribution is 8.18. The van der Waals surface area contributed by atoms with E-state index in [0.717, 1.165) is 5.69 Å². The number of nitrogens with zero attached hydrogens (tertiary/aromatic N) is 2. The van der Waals surface area contributed by atoms with Crippen LogP contribution in [-0.4, -0.2) is 34.7 Å². The number of methoxy groups -OCH3 is 1. The molecule has 0 aliphatic carbocycles. The zero-order valence-electron chi connectivity index (χ0n) is 14.3. The third kappa shape index (κ3) is 3.71. The summed E-state index contributed by atoms with van der Waals surface area (Å²) in [5.74, 6) is 0.0175. The minimum atomic E-state index is -0.122. The number of benzene rings is 2. The summed E-state index contributed by atoms with van der Waals surface area (Å²) < 4.78 is 5.11. The molecule has 1 aliphatic rings. The van der Waals surface area contributed by atoms with Crippen molar-refractivity contribution in [1.82, 2.24) is 4.90 Å². The van der Waals surface area contributed by atoms with Gasteiger partial charge in [0, 0.05) is 6.54 Å². The number of carbonyl (C=O) groups excluding carboxylic acids is 1. The Kier molecular flexibility index (Phi) is 5.54. The number of likely N-dealkylation sites (N-methyl/N-ethyl adjacent to an activating group) is 1. The molecule has 7 heteroatoms. The van der Waals surface area contributed by atoms with Gasteiger partial charge in [-0.25, -0.2) is 4.99 Å². The number of amidine groups is 1. The summed E-state index contributed by atoms with van der Waals surface area (Å²) in [4.78, 5) is 19.4. The number of phenols is 1. The van der Waals surface area contributed by atoms with Crippen LogP contribution in [0.25, 0.3) is 6.08 Å². The lowest BCUT2D eigenvalue weighted by Crippen LogP contribution is -2.28. The van der Waals surface area contributed by atoms with Crippen LogP contribution in [0.3, 0.4) is 0 Å². The second-order valence-electron chi connectivity index (χ2n) is 5.44. The zero-order valence-corrected chi connectivity index (χ0v) is 15.8. The van der Waals surface area contributed by atoms with Crippen molar-refractivity contribution in [2.45, 2.75) is 6.92 Å². The van der Waals surface area contributed by atoms with Crippen LogP contribution in [0.1, 0.15) is 12.5 Å². The van der Waals surface area contributed by atoms with Crippen molar-refractivity contribution < 1.29 is 14.6 Å². The zero-order chi connectivity index (χ0) is 18.7. The summed E-state index contributed by atoms with van der Waals surface area (Å²) in [7, 11) is 1.45. The van der Waals surface area contributed by atoms with E-state index in [4.69, 9.17) is 16.3 Å². The van der Waals surface area contributed by atoms with Crippen LogP contribution in [0.15, 0.2) is 52.4 Å². The molecule has 0 atom stereocenters. The van der Waals surface area contributed by atoms with Crippen LogP contribution in [0.2, 0.25) is 5.02 Å². The first-order valence-electron chi connectivity index (χ1n) is 7.95. The van der Waals surface area contributed by atoms with Gasteiger partial charge in [-0.05, 0) is 54.6 Å². The fraction of sp³-hybridized carbons (Fsp3) is 0.158. The third-order valence-electron chi connectivity index (χ3n) is 3.75. The molecule has 0 bridgehead atoms. The van der Waals surface area contributed by atoms with E-state index >= 15 is 0 Å². The molecule has 1 N–H and O–H groups in total. The molecule has 1 aliphatic heterocycles. The molecule has 2 aromatic carbocycles. The van der Waals surface area contributed by atoms with Gasteiger partial charge in [-0.3, -0.25) is 9.69 Å². The van der Waals surface area contributed by atoms with Crippen molar-refractivity contribution in [3.8, 4) is 11.5 Å². The van der Waals surface area contributed by atoms with Gasteiger partial charge in [0.25, 0.3) is 5.91 Å². The highest BCUT2D eigenvalue weighted by atomic mass is 35.5. The van der Waals surface area contributed by atoms with Gasteiger partial charge in [0.2, 0.25) is 0 Å². The predicted molar refractivity (Wildman–Crippen MR) is 106 cm³/mol. The summed E-state index contributed by atoms with van der Waals surface area (Å²) in [5.41, 5.74) is 1.45. The number of para-hydroxylation sites is 1. The normalized spacial score (nSPS) is 17.3. The minimum absolute atomic E-state index is 0.115. The Morgan fingerprint density at radius 3 is 2.69 bits per heavy atom. The Labute approximate surface area is 160 Å². The maximum absolute atomic E-state index is 12.7. The molecule has 5 nitrogen and oxygen atoms in total. The van der Waals surface area contributed by atoms with Gasteiger partial charge in [-0.2, -0.15) is 0 Å². The van der Waals surface area contributed by atoms with Crippen LogP contribution in [-0.2, 0) is 4.79 Å². The van der Waals surface area contributed by atoms with Gasteiger partial charge in [0.1, 0.15) is 0 Å². The van der Waals surface area contributed by atoms with E-state index in [-0.39, 0.29) is 22.4 Å². The number of hydrogen-bond acceptors (Lipinski definition) is 5. The number of hydrogen-bond donors (Lipinski definition) is 1. The van der Waals surface area contributed by atoms with Crippen LogP contribution < -0.4 is 4.74 Å². The Hall–Kier alpha value is -2.44. The van der Waals surface area contributed by atoms with Crippen LogP contribution in [0.4, 0.5) is 5.69 Å². The lowest BCUT2D eigenvalue weighted by molar-refractivity contribution is -0.122. The number of halogens is 1. The van der Waals surface area contributed by atoms with Crippen molar-refractivity contribution in [1.29, 1.82) is 0 Å². The van der Waals surface area contributed by atoms with Gasteiger partial charge >= 0.3 is 0 Å². The molecule has 26 heavy (non-hydrogen) atoms. The number of amides is 1. The van der Waals surface area contributed by atoms with Gasteiger partial charge < -0.3 is 9.84 Å². The molecular weight excluding hydrogens is 372 g/mol. The number of thioether (sulfide) groups is 1. The molecule has 0 unspecified atom stereocenters. The van der Waals surface area contributed by atoms with Gasteiger partial charge in [-0.15, -0.1) is 0 Å². The van der Waals surface area contributed by atoms with Crippen molar-refractivity contribution in [2.24, 2.45) is 4.99 Å². The Morgan fingerprint density at radius 2 is 2.04 bits per heavy atom. The smallest absolute Gasteiger partial charge is 0.266 e. The largest absolute Gasteiger partial charge is 0.503 e. The number of carbonyl (C=O) groups is 1. The SMILES string of the molecule is CCN1C(=O)/C(=C\c2cc(Cl)c(O)c(OC)c2)S/C1=N\c1ccccc1. The first-order valence-corrected chi connectivity index (χ1v) is 9.14. The summed E-state index contributed by atoms with van der Waals surface area (Å²) >= 11 is 7.33. The van der Waals surface area contributed by atoms with Crippen LogP contribution in [0, 0.1) is 0 Å². The standard InChI is InChI=1S/C19H17ClN2O3S/c1-3-22-18(24)16(26-19(22)21-13-7-5-4-6-8-13)11-12-9-14(20)17(23)15(10-12)25-2/h4-11,23H,3H2,1-2H3/b16-11+,21-19-. The molecule has 0 spiro atoms. The maximum Gasteiger partial charge on any atom is 0.266 e. The van der Waals surface area contributed by atoms with E-state index in [0.29, 0.717) is 22.2 Å². The first-order chi connectivity index (χ1) is 12.5. The van der Waals surface area contributed by atoms with Crippen molar-refractivity contribution >= 4 is 46.2 Å². The minimum Gasteiger partial charge on any atom is -0.503 e. The van der Waals surface area contributed by atoms with E-state index in [2.05, 4.69) is 4.99 Å². The average molecular weight is 389 g/mol. The molecular formula is C19H17ClN2O3S. The molecule has 0 aromatic heterocycles. The Bertz CT molecular complexity index is 897. The molecule has 1 fully saturated rings. The fourth-order valence-corrected chi connectivity index (χ4v) is 3.75. The fourth-order valence-electron chi connectivity index (χ4n) is 2.47. The molecule has 134 valence electrons. The van der Waals surface area contributed by atoms with Crippen molar-refractivity contribution in [3.63, 3.8) is 0 Å². The topological polar surface area (TPSA) is 62.1 Å². The molecule has 2 aromatic rings. The third-order valence-corrected chi connectivity index (χ3v) is 5.05. The van der Waals surface area contributed by atoms with Gasteiger partial charge in [0.15, 0.2) is 16.7 Å². The van der Waals surface area contributed by atoms with Crippen molar-refractivity contribution in [2.75, 3.05) is 13.7 Å². The quantitative estimate of drug-likeness (QED) is 0.772. The summed E-state index contributed by atoms with van der Waals surface area (Å²) in [6.45, 7) is 2.43. The van der Waals surface area contributed by atoms with Crippen LogP contribution >= 0.6 is 23.4 Å². The molecule has 1 saturated heterocycles. The Morgan fingerprint density at radius 1 is 1.31 bits per heavy atom. The molecule has 0 radical (unpaired) electrons. The monoisotopic (exact) mass is 388 g/mol. The van der Waals surface area contributed by atoms with E-state index in [1.165, 1.54) is 18.9 Å². The summed E-state index contributed by atoms with van der Waals surface area (Å²) in [5, 5.41) is 10.6. The second kappa shape index (κ2) is 7.85. The lowest BCUT2D eigenvalue weighted by atomic mass is 10.2. The lowest BCUT2D eigenvalue weighted by Gasteiger charge is -2.11. The van der Waals surface area contributed by atoms with Crippen LogP contribution in [0.5, 0.6) is 11.5 Å². The summed E-state index contributed by atoms with van der Waals surface area (Å²) in [6, 6.07) is 12.7. The highest BCUT2D eigenvalue weighted by Crippen LogP contribution is 2.38. The molecule has 1 heterocycles. The maximum atomic E-state index is 12.7. The first kappa shape index (κ1) is 18.4. The number of aromatic hydroxyl groups is 1.